The Morgan fingerprint density at radius 2 is 2.00 bits per heavy atom. The highest BCUT2D eigenvalue weighted by Gasteiger charge is 2.12. The Kier molecular flexibility index (Phi) is 3.71. The Morgan fingerprint density at radius 3 is 2.68 bits per heavy atom. The topological polar surface area (TPSA) is 64.3 Å². The van der Waals surface area contributed by atoms with Gasteiger partial charge in [-0.05, 0) is 42.8 Å². The Morgan fingerprint density at radius 1 is 1.21 bits per heavy atom. The van der Waals surface area contributed by atoms with Gasteiger partial charge in [0.15, 0.2) is 0 Å². The minimum atomic E-state index is -0.241. The molecule has 0 aliphatic heterocycles. The largest absolute Gasteiger partial charge is 0.496 e. The van der Waals surface area contributed by atoms with Crippen molar-refractivity contribution < 1.29 is 9.53 Å². The van der Waals surface area contributed by atoms with Crippen LogP contribution < -0.4 is 15.8 Å². The number of amides is 1. The van der Waals surface area contributed by atoms with E-state index in [-0.39, 0.29) is 5.91 Å². The SMILES string of the molecule is COc1ccc(N)cc1C(=O)Nc1cccc(C)c1. The normalized spacial score (nSPS) is 10.0. The van der Waals surface area contributed by atoms with Crippen LogP contribution in [-0.2, 0) is 0 Å². The van der Waals surface area contributed by atoms with Crippen molar-refractivity contribution in [2.75, 3.05) is 18.2 Å². The van der Waals surface area contributed by atoms with Crippen molar-refractivity contribution in [2.24, 2.45) is 0 Å². The fraction of sp³-hybridized carbons (Fsp3) is 0.133. The molecule has 0 saturated carbocycles. The summed E-state index contributed by atoms with van der Waals surface area (Å²) >= 11 is 0. The third-order valence-corrected chi connectivity index (χ3v) is 2.74. The maximum absolute atomic E-state index is 12.2. The molecule has 2 aromatic rings. The van der Waals surface area contributed by atoms with Gasteiger partial charge in [-0.25, -0.2) is 0 Å². The van der Waals surface area contributed by atoms with E-state index in [0.29, 0.717) is 17.0 Å². The highest BCUT2D eigenvalue weighted by molar-refractivity contribution is 6.06. The van der Waals surface area contributed by atoms with Crippen LogP contribution in [0.2, 0.25) is 0 Å². The van der Waals surface area contributed by atoms with Gasteiger partial charge >= 0.3 is 0 Å². The lowest BCUT2D eigenvalue weighted by atomic mass is 10.1. The van der Waals surface area contributed by atoms with Gasteiger partial charge in [-0.3, -0.25) is 4.79 Å². The van der Waals surface area contributed by atoms with Gasteiger partial charge in [-0.2, -0.15) is 0 Å². The molecule has 2 rings (SSSR count). The average Bonchev–Trinajstić information content (AvgIpc) is 2.38. The fourth-order valence-corrected chi connectivity index (χ4v) is 1.82. The lowest BCUT2D eigenvalue weighted by Gasteiger charge is -2.10. The smallest absolute Gasteiger partial charge is 0.259 e. The minimum absolute atomic E-state index is 0.241. The maximum atomic E-state index is 12.2. The number of aryl methyl sites for hydroxylation is 1. The molecule has 4 heteroatoms. The van der Waals surface area contributed by atoms with Crippen LogP contribution in [-0.4, -0.2) is 13.0 Å². The number of ether oxygens (including phenoxy) is 1. The number of nitrogens with one attached hydrogen (secondary N) is 1. The molecule has 0 bridgehead atoms. The summed E-state index contributed by atoms with van der Waals surface area (Å²) in [5.41, 5.74) is 8.47. The molecule has 0 radical (unpaired) electrons. The number of rotatable bonds is 3. The molecular formula is C15H16N2O2. The first kappa shape index (κ1) is 13.0. The van der Waals surface area contributed by atoms with Crippen LogP contribution in [0.5, 0.6) is 5.75 Å². The van der Waals surface area contributed by atoms with E-state index in [1.54, 1.807) is 18.2 Å². The summed E-state index contributed by atoms with van der Waals surface area (Å²) in [4.78, 5) is 12.2. The number of carbonyl (C=O) groups excluding carboxylic acids is 1. The van der Waals surface area contributed by atoms with Gasteiger partial charge in [0.05, 0.1) is 12.7 Å². The summed E-state index contributed by atoms with van der Waals surface area (Å²) in [6, 6.07) is 12.6. The molecule has 0 atom stereocenters. The molecule has 1 amide bonds. The number of carbonyl (C=O) groups is 1. The predicted octanol–water partition coefficient (Wildman–Crippen LogP) is 2.84. The maximum Gasteiger partial charge on any atom is 0.259 e. The lowest BCUT2D eigenvalue weighted by Crippen LogP contribution is -2.13. The Balaban J connectivity index is 2.27. The zero-order valence-electron chi connectivity index (χ0n) is 10.9. The van der Waals surface area contributed by atoms with E-state index in [1.165, 1.54) is 7.11 Å². The van der Waals surface area contributed by atoms with E-state index in [0.717, 1.165) is 11.3 Å². The molecule has 0 aliphatic rings. The summed E-state index contributed by atoms with van der Waals surface area (Å²) in [5.74, 6) is 0.258. The van der Waals surface area contributed by atoms with Crippen LogP contribution in [0.3, 0.4) is 0 Å². The van der Waals surface area contributed by atoms with Gasteiger partial charge in [0.1, 0.15) is 5.75 Å². The van der Waals surface area contributed by atoms with Gasteiger partial charge in [0.2, 0.25) is 0 Å². The van der Waals surface area contributed by atoms with Crippen LogP contribution in [0, 0.1) is 6.92 Å². The van der Waals surface area contributed by atoms with E-state index in [4.69, 9.17) is 10.5 Å². The quantitative estimate of drug-likeness (QED) is 0.830. The third kappa shape index (κ3) is 3.04. The molecule has 4 nitrogen and oxygen atoms in total. The zero-order chi connectivity index (χ0) is 13.8. The monoisotopic (exact) mass is 256 g/mol. The molecule has 0 aromatic heterocycles. The summed E-state index contributed by atoms with van der Waals surface area (Å²) in [5, 5.41) is 2.83. The second-order valence-corrected chi connectivity index (χ2v) is 4.28. The summed E-state index contributed by atoms with van der Waals surface area (Å²) in [6.07, 6.45) is 0. The molecule has 3 N–H and O–H groups in total. The number of hydrogen-bond acceptors (Lipinski definition) is 3. The van der Waals surface area contributed by atoms with Gasteiger partial charge in [0.25, 0.3) is 5.91 Å². The first-order valence-corrected chi connectivity index (χ1v) is 5.91. The molecule has 98 valence electrons. The standard InChI is InChI=1S/C15H16N2O2/c1-10-4-3-5-12(8-10)17-15(18)13-9-11(16)6-7-14(13)19-2/h3-9H,16H2,1-2H3,(H,17,18). The van der Waals surface area contributed by atoms with Crippen molar-refractivity contribution in [1.82, 2.24) is 0 Å². The summed E-state index contributed by atoms with van der Waals surface area (Å²) in [6.45, 7) is 1.97. The Hall–Kier alpha value is -2.49. The average molecular weight is 256 g/mol. The van der Waals surface area contributed by atoms with Gasteiger partial charge < -0.3 is 15.8 Å². The summed E-state index contributed by atoms with van der Waals surface area (Å²) in [7, 11) is 1.52. The van der Waals surface area contributed by atoms with Crippen LogP contribution in [0.15, 0.2) is 42.5 Å². The van der Waals surface area contributed by atoms with Gasteiger partial charge in [-0.1, -0.05) is 12.1 Å². The molecule has 0 unspecified atom stereocenters. The molecule has 0 saturated heterocycles. The molecule has 0 fully saturated rings. The van der Waals surface area contributed by atoms with Crippen LogP contribution >= 0.6 is 0 Å². The lowest BCUT2D eigenvalue weighted by molar-refractivity contribution is 0.102. The Labute approximate surface area is 112 Å². The van der Waals surface area contributed by atoms with E-state index in [2.05, 4.69) is 5.32 Å². The van der Waals surface area contributed by atoms with Crippen molar-refractivity contribution in [2.45, 2.75) is 6.92 Å². The van der Waals surface area contributed by atoms with Gasteiger partial charge in [0, 0.05) is 11.4 Å². The molecule has 2 aromatic carbocycles. The second-order valence-electron chi connectivity index (χ2n) is 4.28. The molecule has 0 aliphatic carbocycles. The third-order valence-electron chi connectivity index (χ3n) is 2.74. The molecule has 0 heterocycles. The van der Waals surface area contributed by atoms with Crippen LogP contribution in [0.25, 0.3) is 0 Å². The molecular weight excluding hydrogens is 240 g/mol. The second kappa shape index (κ2) is 5.44. The van der Waals surface area contributed by atoms with Gasteiger partial charge in [-0.15, -0.1) is 0 Å². The number of nitrogens with two attached hydrogens (primary N) is 1. The Bertz CT molecular complexity index is 609. The first-order valence-electron chi connectivity index (χ1n) is 5.91. The van der Waals surface area contributed by atoms with Crippen LogP contribution in [0.4, 0.5) is 11.4 Å². The van der Waals surface area contributed by atoms with Crippen molar-refractivity contribution in [1.29, 1.82) is 0 Å². The predicted molar refractivity (Wildman–Crippen MR) is 76.5 cm³/mol. The van der Waals surface area contributed by atoms with Crippen molar-refractivity contribution in [3.05, 3.63) is 53.6 Å². The molecule has 19 heavy (non-hydrogen) atoms. The highest BCUT2D eigenvalue weighted by atomic mass is 16.5. The van der Waals surface area contributed by atoms with E-state index in [1.807, 2.05) is 31.2 Å². The number of hydrogen-bond donors (Lipinski definition) is 2. The number of methoxy groups -OCH3 is 1. The number of benzene rings is 2. The van der Waals surface area contributed by atoms with E-state index >= 15 is 0 Å². The zero-order valence-corrected chi connectivity index (χ0v) is 10.9. The highest BCUT2D eigenvalue weighted by Crippen LogP contribution is 2.22. The molecule has 0 spiro atoms. The fourth-order valence-electron chi connectivity index (χ4n) is 1.82. The first-order chi connectivity index (χ1) is 9.10. The minimum Gasteiger partial charge on any atom is -0.496 e. The number of anilines is 2. The van der Waals surface area contributed by atoms with Crippen LogP contribution in [0.1, 0.15) is 15.9 Å². The summed E-state index contributed by atoms with van der Waals surface area (Å²) < 4.78 is 5.17. The van der Waals surface area contributed by atoms with E-state index < -0.39 is 0 Å². The van der Waals surface area contributed by atoms with E-state index in [9.17, 15) is 4.79 Å². The number of nitrogen functional groups attached to an aromatic ring is 1. The van der Waals surface area contributed by atoms with Crippen molar-refractivity contribution in [3.63, 3.8) is 0 Å². The van der Waals surface area contributed by atoms with Crippen molar-refractivity contribution >= 4 is 17.3 Å². The van der Waals surface area contributed by atoms with Crippen molar-refractivity contribution in [3.8, 4) is 5.75 Å².